The van der Waals surface area contributed by atoms with Crippen LogP contribution in [0.1, 0.15) is 43.7 Å². The van der Waals surface area contributed by atoms with Crippen LogP contribution in [0.5, 0.6) is 5.75 Å². The zero-order valence-electron chi connectivity index (χ0n) is 12.4. The van der Waals surface area contributed by atoms with Gasteiger partial charge < -0.3 is 14.2 Å². The number of fused-ring (bicyclic) bond motifs is 1. The molecule has 2 aliphatic heterocycles. The van der Waals surface area contributed by atoms with Gasteiger partial charge in [-0.05, 0) is 41.9 Å². The molecule has 1 atom stereocenters. The molecule has 2 aliphatic rings. The first-order valence-electron chi connectivity index (χ1n) is 7.73. The second kappa shape index (κ2) is 6.15. The Morgan fingerprint density at radius 3 is 2.70 bits per heavy atom. The van der Waals surface area contributed by atoms with E-state index in [1.54, 1.807) is 0 Å². The number of ether oxygens (including phenoxy) is 3. The first-order chi connectivity index (χ1) is 9.74. The van der Waals surface area contributed by atoms with Crippen molar-refractivity contribution in [3.05, 3.63) is 29.3 Å². The Labute approximate surface area is 121 Å². The minimum absolute atomic E-state index is 0.0109. The van der Waals surface area contributed by atoms with E-state index in [0.717, 1.165) is 44.8 Å². The summed E-state index contributed by atoms with van der Waals surface area (Å²) in [5.41, 5.74) is 2.75. The third-order valence-electron chi connectivity index (χ3n) is 4.32. The maximum atomic E-state index is 5.79. The van der Waals surface area contributed by atoms with Crippen molar-refractivity contribution in [1.29, 1.82) is 0 Å². The Hall–Kier alpha value is -1.06. The summed E-state index contributed by atoms with van der Waals surface area (Å²) >= 11 is 0. The predicted octanol–water partition coefficient (Wildman–Crippen LogP) is 3.51. The minimum atomic E-state index is -0.0109. The summed E-state index contributed by atoms with van der Waals surface area (Å²) in [7, 11) is 0. The maximum Gasteiger partial charge on any atom is 0.158 e. The zero-order chi connectivity index (χ0) is 13.9. The van der Waals surface area contributed by atoms with Crippen molar-refractivity contribution < 1.29 is 14.2 Å². The molecular formula is C17H24O3. The molecule has 1 saturated heterocycles. The lowest BCUT2D eigenvalue weighted by Crippen LogP contribution is -2.18. The minimum Gasteiger partial charge on any atom is -0.493 e. The number of hydrogen-bond donors (Lipinski definition) is 0. The molecule has 0 aliphatic carbocycles. The van der Waals surface area contributed by atoms with Gasteiger partial charge in [0.25, 0.3) is 0 Å². The molecule has 20 heavy (non-hydrogen) atoms. The van der Waals surface area contributed by atoms with Gasteiger partial charge in [-0.15, -0.1) is 0 Å². The predicted molar refractivity (Wildman–Crippen MR) is 78.1 cm³/mol. The number of aryl methyl sites for hydroxylation is 1. The Bertz CT molecular complexity index is 450. The van der Waals surface area contributed by atoms with Crippen LogP contribution in [-0.2, 0) is 15.9 Å². The van der Waals surface area contributed by atoms with Gasteiger partial charge in [-0.3, -0.25) is 0 Å². The van der Waals surface area contributed by atoms with Crippen LogP contribution < -0.4 is 4.74 Å². The lowest BCUT2D eigenvalue weighted by atomic mass is 9.83. The molecule has 0 amide bonds. The van der Waals surface area contributed by atoms with E-state index in [4.69, 9.17) is 14.2 Å². The second-order valence-electron chi connectivity index (χ2n) is 6.07. The fourth-order valence-corrected chi connectivity index (χ4v) is 3.18. The molecule has 0 bridgehead atoms. The molecule has 3 heteroatoms. The summed E-state index contributed by atoms with van der Waals surface area (Å²) in [5, 5.41) is 0. The smallest absolute Gasteiger partial charge is 0.158 e. The third-order valence-corrected chi connectivity index (χ3v) is 4.32. The lowest BCUT2D eigenvalue weighted by molar-refractivity contribution is -0.0462. The van der Waals surface area contributed by atoms with Crippen LogP contribution in [0.2, 0.25) is 0 Å². The Morgan fingerprint density at radius 2 is 1.95 bits per heavy atom. The number of hydrogen-bond acceptors (Lipinski definition) is 3. The van der Waals surface area contributed by atoms with Gasteiger partial charge >= 0.3 is 0 Å². The van der Waals surface area contributed by atoms with Gasteiger partial charge in [-0.1, -0.05) is 26.0 Å². The average Bonchev–Trinajstić information content (AvgIpc) is 2.97. The molecule has 1 unspecified atom stereocenters. The van der Waals surface area contributed by atoms with Crippen LogP contribution in [-0.4, -0.2) is 26.1 Å². The van der Waals surface area contributed by atoms with E-state index < -0.39 is 0 Å². The first-order valence-corrected chi connectivity index (χ1v) is 7.73. The van der Waals surface area contributed by atoms with Crippen LogP contribution in [0, 0.1) is 5.92 Å². The van der Waals surface area contributed by atoms with E-state index >= 15 is 0 Å². The van der Waals surface area contributed by atoms with E-state index in [-0.39, 0.29) is 6.29 Å². The Balaban J connectivity index is 1.71. The Kier molecular flexibility index (Phi) is 4.27. The van der Waals surface area contributed by atoms with Crippen molar-refractivity contribution in [3.8, 4) is 5.75 Å². The van der Waals surface area contributed by atoms with Gasteiger partial charge in [0.05, 0.1) is 19.8 Å². The van der Waals surface area contributed by atoms with E-state index in [1.165, 1.54) is 11.1 Å². The van der Waals surface area contributed by atoms with E-state index in [2.05, 4.69) is 32.0 Å². The fourth-order valence-electron chi connectivity index (χ4n) is 3.18. The molecule has 2 heterocycles. The summed E-state index contributed by atoms with van der Waals surface area (Å²) in [4.78, 5) is 0. The molecular weight excluding hydrogens is 252 g/mol. The summed E-state index contributed by atoms with van der Waals surface area (Å²) in [6, 6.07) is 6.64. The van der Waals surface area contributed by atoms with Gasteiger partial charge in [0.15, 0.2) is 6.29 Å². The summed E-state index contributed by atoms with van der Waals surface area (Å²) < 4.78 is 16.8. The standard InChI is InChI=1S/C17H24O3/c1-12(2)14-7-8-18-16-5-3-13(11-15(14)16)4-6-17-19-9-10-20-17/h3,5,11-12,14,17H,4,6-10H2,1-2H3. The molecule has 0 saturated carbocycles. The third kappa shape index (κ3) is 2.99. The molecule has 0 N–H and O–H groups in total. The van der Waals surface area contributed by atoms with Gasteiger partial charge in [-0.2, -0.15) is 0 Å². The first kappa shape index (κ1) is 13.9. The van der Waals surface area contributed by atoms with Crippen LogP contribution in [0.3, 0.4) is 0 Å². The number of rotatable bonds is 4. The highest BCUT2D eigenvalue weighted by atomic mass is 16.7. The maximum absolute atomic E-state index is 5.79. The highest BCUT2D eigenvalue weighted by molar-refractivity contribution is 5.41. The van der Waals surface area contributed by atoms with Crippen LogP contribution in [0.15, 0.2) is 18.2 Å². The monoisotopic (exact) mass is 276 g/mol. The van der Waals surface area contributed by atoms with Gasteiger partial charge in [0.1, 0.15) is 5.75 Å². The molecule has 1 aromatic rings. The van der Waals surface area contributed by atoms with Crippen molar-refractivity contribution in [3.63, 3.8) is 0 Å². The normalized spacial score (nSPS) is 22.9. The second-order valence-corrected chi connectivity index (χ2v) is 6.07. The summed E-state index contributed by atoms with van der Waals surface area (Å²) in [5.74, 6) is 2.36. The molecule has 1 fully saturated rings. The molecule has 0 radical (unpaired) electrons. The van der Waals surface area contributed by atoms with Gasteiger partial charge in [-0.25, -0.2) is 0 Å². The van der Waals surface area contributed by atoms with Crippen LogP contribution in [0.4, 0.5) is 0 Å². The molecule has 0 aromatic heterocycles. The molecule has 1 aromatic carbocycles. The largest absolute Gasteiger partial charge is 0.493 e. The molecule has 3 rings (SSSR count). The van der Waals surface area contributed by atoms with Crippen molar-refractivity contribution >= 4 is 0 Å². The quantitative estimate of drug-likeness (QED) is 0.842. The fraction of sp³-hybridized carbons (Fsp3) is 0.647. The Morgan fingerprint density at radius 1 is 1.15 bits per heavy atom. The summed E-state index contributed by atoms with van der Waals surface area (Å²) in [6.45, 7) is 6.91. The number of benzene rings is 1. The van der Waals surface area contributed by atoms with E-state index in [1.807, 2.05) is 0 Å². The molecule has 110 valence electrons. The van der Waals surface area contributed by atoms with Crippen molar-refractivity contribution in [1.82, 2.24) is 0 Å². The van der Waals surface area contributed by atoms with Crippen molar-refractivity contribution in [2.45, 2.75) is 45.3 Å². The van der Waals surface area contributed by atoms with Crippen LogP contribution >= 0.6 is 0 Å². The van der Waals surface area contributed by atoms with Crippen molar-refractivity contribution in [2.24, 2.45) is 5.92 Å². The van der Waals surface area contributed by atoms with E-state index in [9.17, 15) is 0 Å². The SMILES string of the molecule is CC(C)C1CCOc2ccc(CCC3OCCO3)cc21. The average molecular weight is 276 g/mol. The zero-order valence-corrected chi connectivity index (χ0v) is 12.4. The topological polar surface area (TPSA) is 27.7 Å². The van der Waals surface area contributed by atoms with Crippen molar-refractivity contribution in [2.75, 3.05) is 19.8 Å². The summed E-state index contributed by atoms with van der Waals surface area (Å²) in [6.07, 6.45) is 3.06. The molecule has 0 spiro atoms. The molecule has 3 nitrogen and oxygen atoms in total. The highest BCUT2D eigenvalue weighted by Gasteiger charge is 2.24. The van der Waals surface area contributed by atoms with Gasteiger partial charge in [0, 0.05) is 6.42 Å². The van der Waals surface area contributed by atoms with E-state index in [0.29, 0.717) is 11.8 Å². The van der Waals surface area contributed by atoms with Crippen LogP contribution in [0.25, 0.3) is 0 Å². The lowest BCUT2D eigenvalue weighted by Gasteiger charge is -2.29. The highest BCUT2D eigenvalue weighted by Crippen LogP contribution is 2.38. The van der Waals surface area contributed by atoms with Gasteiger partial charge in [0.2, 0.25) is 0 Å².